The number of hydrogen-bond donors (Lipinski definition) is 0. The maximum absolute atomic E-state index is 10.9. The minimum Gasteiger partial charge on any atom is -0.423 e. The molecule has 1 aromatic heterocycles. The molecule has 0 spiro atoms. The topological polar surface area (TPSA) is 59.2 Å². The average molecular weight is 209 g/mol. The summed E-state index contributed by atoms with van der Waals surface area (Å²) in [6.07, 6.45) is 2.82. The molecule has 5 heteroatoms. The number of piperidine rings is 1. The SMILES string of the molecule is Cc1nnc(C2C[C@@H](C)CCN2C=O)o1. The standard InChI is InChI=1S/C10H15N3O2/c1-7-3-4-13(6-14)9(5-7)10-12-11-8(2)15-10/h6-7,9H,3-5H2,1-2H3/t7-,9?/m0/s1. The maximum Gasteiger partial charge on any atom is 0.238 e. The van der Waals surface area contributed by atoms with Gasteiger partial charge in [-0.25, -0.2) is 0 Å². The van der Waals surface area contributed by atoms with Crippen molar-refractivity contribution in [3.63, 3.8) is 0 Å². The van der Waals surface area contributed by atoms with Gasteiger partial charge >= 0.3 is 0 Å². The minimum atomic E-state index is -0.0348. The summed E-state index contributed by atoms with van der Waals surface area (Å²) in [6, 6.07) is -0.0348. The van der Waals surface area contributed by atoms with Gasteiger partial charge < -0.3 is 9.32 Å². The van der Waals surface area contributed by atoms with Gasteiger partial charge in [0.1, 0.15) is 6.04 Å². The van der Waals surface area contributed by atoms with E-state index in [4.69, 9.17) is 4.42 Å². The van der Waals surface area contributed by atoms with E-state index in [2.05, 4.69) is 17.1 Å². The second-order valence-electron chi connectivity index (χ2n) is 4.15. The fraction of sp³-hybridized carbons (Fsp3) is 0.700. The van der Waals surface area contributed by atoms with E-state index in [9.17, 15) is 4.79 Å². The number of carbonyl (C=O) groups is 1. The van der Waals surface area contributed by atoms with E-state index >= 15 is 0 Å². The fourth-order valence-electron chi connectivity index (χ4n) is 1.98. The van der Waals surface area contributed by atoms with Gasteiger partial charge in [-0.05, 0) is 18.8 Å². The summed E-state index contributed by atoms with van der Waals surface area (Å²) in [5.41, 5.74) is 0. The van der Waals surface area contributed by atoms with Crippen molar-refractivity contribution < 1.29 is 9.21 Å². The predicted octanol–water partition coefficient (Wildman–Crippen LogP) is 1.31. The molecule has 1 fully saturated rings. The first-order valence-electron chi connectivity index (χ1n) is 5.21. The molecule has 2 atom stereocenters. The van der Waals surface area contributed by atoms with Gasteiger partial charge in [-0.1, -0.05) is 6.92 Å². The molecule has 1 aliphatic heterocycles. The Hall–Kier alpha value is -1.39. The molecule has 1 amide bonds. The number of nitrogens with zero attached hydrogens (tertiary/aromatic N) is 3. The van der Waals surface area contributed by atoms with E-state index in [0.717, 1.165) is 25.8 Å². The second kappa shape index (κ2) is 4.00. The van der Waals surface area contributed by atoms with Crippen LogP contribution in [0.3, 0.4) is 0 Å². The lowest BCUT2D eigenvalue weighted by Gasteiger charge is -2.33. The van der Waals surface area contributed by atoms with Gasteiger partial charge in [-0.15, -0.1) is 10.2 Å². The normalized spacial score (nSPS) is 26.7. The molecule has 1 aliphatic rings. The molecule has 5 nitrogen and oxygen atoms in total. The Labute approximate surface area is 88.5 Å². The van der Waals surface area contributed by atoms with Crippen LogP contribution in [0, 0.1) is 12.8 Å². The summed E-state index contributed by atoms with van der Waals surface area (Å²) in [5, 5.41) is 7.78. The molecule has 0 bridgehead atoms. The third-order valence-corrected chi connectivity index (χ3v) is 2.87. The number of amides is 1. The van der Waals surface area contributed by atoms with Crippen molar-refractivity contribution in [1.82, 2.24) is 15.1 Å². The van der Waals surface area contributed by atoms with Crippen LogP contribution in [0.5, 0.6) is 0 Å². The summed E-state index contributed by atoms with van der Waals surface area (Å²) >= 11 is 0. The fourth-order valence-corrected chi connectivity index (χ4v) is 1.98. The Morgan fingerprint density at radius 2 is 2.33 bits per heavy atom. The Bertz CT molecular complexity index is 350. The van der Waals surface area contributed by atoms with Crippen molar-refractivity contribution in [2.45, 2.75) is 32.7 Å². The van der Waals surface area contributed by atoms with Crippen LogP contribution in [0.15, 0.2) is 4.42 Å². The summed E-state index contributed by atoms with van der Waals surface area (Å²) in [4.78, 5) is 12.6. The van der Waals surface area contributed by atoms with Crippen LogP contribution in [-0.2, 0) is 4.79 Å². The molecule has 15 heavy (non-hydrogen) atoms. The molecule has 2 heterocycles. The third-order valence-electron chi connectivity index (χ3n) is 2.87. The lowest BCUT2D eigenvalue weighted by molar-refractivity contribution is -0.122. The zero-order valence-corrected chi connectivity index (χ0v) is 9.01. The van der Waals surface area contributed by atoms with E-state index in [1.807, 2.05) is 0 Å². The van der Waals surface area contributed by atoms with Gasteiger partial charge in [0.05, 0.1) is 0 Å². The van der Waals surface area contributed by atoms with Gasteiger partial charge in [-0.3, -0.25) is 4.79 Å². The first kappa shape index (κ1) is 10.1. The van der Waals surface area contributed by atoms with E-state index < -0.39 is 0 Å². The highest BCUT2D eigenvalue weighted by Gasteiger charge is 2.30. The van der Waals surface area contributed by atoms with Crippen LogP contribution < -0.4 is 0 Å². The Morgan fingerprint density at radius 1 is 1.53 bits per heavy atom. The lowest BCUT2D eigenvalue weighted by Crippen LogP contribution is -2.35. The number of rotatable bonds is 2. The zero-order valence-electron chi connectivity index (χ0n) is 9.01. The monoisotopic (exact) mass is 209 g/mol. The molecule has 0 aliphatic carbocycles. The van der Waals surface area contributed by atoms with Crippen LogP contribution >= 0.6 is 0 Å². The van der Waals surface area contributed by atoms with Crippen molar-refractivity contribution in [1.29, 1.82) is 0 Å². The van der Waals surface area contributed by atoms with Gasteiger partial charge in [0.15, 0.2) is 0 Å². The highest BCUT2D eigenvalue weighted by atomic mass is 16.4. The molecular weight excluding hydrogens is 194 g/mol. The van der Waals surface area contributed by atoms with Crippen LogP contribution in [0.1, 0.15) is 37.6 Å². The molecule has 2 rings (SSSR count). The second-order valence-corrected chi connectivity index (χ2v) is 4.15. The zero-order chi connectivity index (χ0) is 10.8. The summed E-state index contributed by atoms with van der Waals surface area (Å²) < 4.78 is 5.38. The van der Waals surface area contributed by atoms with Crippen LogP contribution in [0.25, 0.3) is 0 Å². The first-order valence-corrected chi connectivity index (χ1v) is 5.21. The molecule has 1 saturated heterocycles. The highest BCUT2D eigenvalue weighted by molar-refractivity contribution is 5.48. The highest BCUT2D eigenvalue weighted by Crippen LogP contribution is 2.31. The number of aromatic nitrogens is 2. The Balaban J connectivity index is 2.20. The smallest absolute Gasteiger partial charge is 0.238 e. The van der Waals surface area contributed by atoms with Crippen molar-refractivity contribution in [2.24, 2.45) is 5.92 Å². The number of likely N-dealkylation sites (tertiary alicyclic amines) is 1. The summed E-state index contributed by atoms with van der Waals surface area (Å²) in [6.45, 7) is 4.71. The first-order chi connectivity index (χ1) is 7.20. The molecule has 1 unspecified atom stereocenters. The van der Waals surface area contributed by atoms with E-state index in [1.165, 1.54) is 0 Å². The third kappa shape index (κ3) is 2.00. The average Bonchev–Trinajstić information content (AvgIpc) is 2.65. The maximum atomic E-state index is 10.9. The molecule has 0 saturated carbocycles. The van der Waals surface area contributed by atoms with Crippen molar-refractivity contribution in [3.05, 3.63) is 11.8 Å². The summed E-state index contributed by atoms with van der Waals surface area (Å²) in [7, 11) is 0. The minimum absolute atomic E-state index is 0.0348. The van der Waals surface area contributed by atoms with Crippen molar-refractivity contribution >= 4 is 6.41 Å². The van der Waals surface area contributed by atoms with E-state index in [1.54, 1.807) is 11.8 Å². The summed E-state index contributed by atoms with van der Waals surface area (Å²) in [5.74, 6) is 1.71. The lowest BCUT2D eigenvalue weighted by atomic mass is 9.93. The molecule has 0 N–H and O–H groups in total. The van der Waals surface area contributed by atoms with E-state index in [0.29, 0.717) is 17.7 Å². The molecule has 0 aromatic carbocycles. The molecule has 0 radical (unpaired) electrons. The predicted molar refractivity (Wildman–Crippen MR) is 52.9 cm³/mol. The molecular formula is C10H15N3O2. The number of aryl methyl sites for hydroxylation is 1. The van der Waals surface area contributed by atoms with E-state index in [-0.39, 0.29) is 6.04 Å². The van der Waals surface area contributed by atoms with Crippen molar-refractivity contribution in [2.75, 3.05) is 6.54 Å². The van der Waals surface area contributed by atoms with Crippen LogP contribution in [-0.4, -0.2) is 28.1 Å². The van der Waals surface area contributed by atoms with Gasteiger partial charge in [-0.2, -0.15) is 0 Å². The van der Waals surface area contributed by atoms with Crippen LogP contribution in [0.2, 0.25) is 0 Å². The molecule has 1 aromatic rings. The number of hydrogen-bond acceptors (Lipinski definition) is 4. The molecule has 82 valence electrons. The number of carbonyl (C=O) groups excluding carboxylic acids is 1. The Kier molecular flexibility index (Phi) is 2.70. The van der Waals surface area contributed by atoms with Gasteiger partial charge in [0.2, 0.25) is 18.2 Å². The van der Waals surface area contributed by atoms with Crippen LogP contribution in [0.4, 0.5) is 0 Å². The Morgan fingerprint density at radius 3 is 2.93 bits per heavy atom. The largest absolute Gasteiger partial charge is 0.423 e. The van der Waals surface area contributed by atoms with Gasteiger partial charge in [0, 0.05) is 13.5 Å². The quantitative estimate of drug-likeness (QED) is 0.689. The van der Waals surface area contributed by atoms with Crippen molar-refractivity contribution in [3.8, 4) is 0 Å². The van der Waals surface area contributed by atoms with Gasteiger partial charge in [0.25, 0.3) is 0 Å².